The van der Waals surface area contributed by atoms with Crippen molar-refractivity contribution in [3.63, 3.8) is 0 Å². The van der Waals surface area contributed by atoms with Gasteiger partial charge in [-0.1, -0.05) is 17.3 Å². The van der Waals surface area contributed by atoms with Crippen molar-refractivity contribution in [2.45, 2.75) is 25.7 Å². The smallest absolute Gasteiger partial charge is 0.307 e. The molecule has 6 nitrogen and oxygen atoms in total. The molecular formula is C15H15N3O3. The summed E-state index contributed by atoms with van der Waals surface area (Å²) >= 11 is 0. The summed E-state index contributed by atoms with van der Waals surface area (Å²) in [7, 11) is 0. The van der Waals surface area contributed by atoms with Crippen molar-refractivity contribution < 1.29 is 14.4 Å². The number of nitrogens with zero attached hydrogens (tertiary/aromatic N) is 3. The molecule has 2 heterocycles. The minimum atomic E-state index is -0.832. The standard InChI is InChI=1S/C15H15N3O3/c1-9-6-7-16-8-12(9)13-17-14(21-18-13)10-4-2-3-5-11(10)15(19)20/h2-3,6-8,10-11H,4-5H2,1H3,(H,19,20). The van der Waals surface area contributed by atoms with Gasteiger partial charge in [-0.15, -0.1) is 0 Å². The number of pyridine rings is 1. The van der Waals surface area contributed by atoms with Crippen LogP contribution in [0.3, 0.4) is 0 Å². The topological polar surface area (TPSA) is 89.1 Å². The Hall–Kier alpha value is -2.50. The molecule has 0 saturated carbocycles. The monoisotopic (exact) mass is 285 g/mol. The molecule has 2 unspecified atom stereocenters. The molecule has 3 rings (SSSR count). The Morgan fingerprint density at radius 3 is 2.95 bits per heavy atom. The molecule has 6 heteroatoms. The number of allylic oxidation sites excluding steroid dienone is 2. The third-order valence-corrected chi connectivity index (χ3v) is 3.79. The number of aliphatic carboxylic acids is 1. The lowest BCUT2D eigenvalue weighted by atomic mass is 9.83. The van der Waals surface area contributed by atoms with E-state index in [2.05, 4.69) is 15.1 Å². The maximum absolute atomic E-state index is 11.3. The number of aryl methyl sites for hydroxylation is 1. The highest BCUT2D eigenvalue weighted by atomic mass is 16.5. The van der Waals surface area contributed by atoms with Gasteiger partial charge in [0, 0.05) is 18.0 Å². The molecule has 0 aliphatic heterocycles. The van der Waals surface area contributed by atoms with Crippen molar-refractivity contribution in [2.75, 3.05) is 0 Å². The average molecular weight is 285 g/mol. The molecule has 0 amide bonds. The summed E-state index contributed by atoms with van der Waals surface area (Å²) in [5.41, 5.74) is 1.79. The molecule has 1 aliphatic carbocycles. The molecule has 2 atom stereocenters. The average Bonchev–Trinajstić information content (AvgIpc) is 2.97. The highest BCUT2D eigenvalue weighted by Gasteiger charge is 2.34. The van der Waals surface area contributed by atoms with Crippen LogP contribution >= 0.6 is 0 Å². The Kier molecular flexibility index (Phi) is 3.51. The van der Waals surface area contributed by atoms with E-state index in [1.807, 2.05) is 25.1 Å². The van der Waals surface area contributed by atoms with Gasteiger partial charge in [0.05, 0.1) is 11.8 Å². The van der Waals surface area contributed by atoms with Gasteiger partial charge in [0.25, 0.3) is 0 Å². The van der Waals surface area contributed by atoms with Gasteiger partial charge in [-0.3, -0.25) is 9.78 Å². The number of hydrogen-bond donors (Lipinski definition) is 1. The number of hydrogen-bond acceptors (Lipinski definition) is 5. The lowest BCUT2D eigenvalue weighted by molar-refractivity contribution is -0.142. The first kappa shape index (κ1) is 13.5. The molecule has 21 heavy (non-hydrogen) atoms. The summed E-state index contributed by atoms with van der Waals surface area (Å²) in [6, 6.07) is 1.87. The van der Waals surface area contributed by atoms with Gasteiger partial charge in [0.2, 0.25) is 11.7 Å². The van der Waals surface area contributed by atoms with Gasteiger partial charge in [-0.25, -0.2) is 0 Å². The van der Waals surface area contributed by atoms with Crippen LogP contribution < -0.4 is 0 Å². The van der Waals surface area contributed by atoms with Crippen LogP contribution in [0.4, 0.5) is 0 Å². The van der Waals surface area contributed by atoms with Crippen LogP contribution in [0.1, 0.15) is 30.2 Å². The summed E-state index contributed by atoms with van der Waals surface area (Å²) in [4.78, 5) is 19.8. The maximum atomic E-state index is 11.3. The van der Waals surface area contributed by atoms with Crippen LogP contribution in [0.25, 0.3) is 11.4 Å². The summed E-state index contributed by atoms with van der Waals surface area (Å²) in [5.74, 6) is -0.787. The molecule has 0 aromatic carbocycles. The first-order valence-corrected chi connectivity index (χ1v) is 6.79. The van der Waals surface area contributed by atoms with Crippen LogP contribution in [-0.2, 0) is 4.79 Å². The van der Waals surface area contributed by atoms with E-state index in [9.17, 15) is 9.90 Å². The predicted octanol–water partition coefficient (Wildman–Crippen LogP) is 2.57. The number of carbonyl (C=O) groups is 1. The van der Waals surface area contributed by atoms with Crippen molar-refractivity contribution in [1.82, 2.24) is 15.1 Å². The highest BCUT2D eigenvalue weighted by molar-refractivity contribution is 5.71. The second-order valence-electron chi connectivity index (χ2n) is 5.14. The fourth-order valence-electron chi connectivity index (χ4n) is 2.55. The Morgan fingerprint density at radius 1 is 1.38 bits per heavy atom. The molecule has 0 spiro atoms. The third-order valence-electron chi connectivity index (χ3n) is 3.79. The second kappa shape index (κ2) is 5.47. The van der Waals surface area contributed by atoms with Gasteiger partial charge in [-0.05, 0) is 31.4 Å². The van der Waals surface area contributed by atoms with Crippen LogP contribution in [0, 0.1) is 12.8 Å². The molecule has 0 radical (unpaired) electrons. The van der Waals surface area contributed by atoms with E-state index in [1.165, 1.54) is 0 Å². The molecule has 0 bridgehead atoms. The Bertz CT molecular complexity index is 693. The predicted molar refractivity (Wildman–Crippen MR) is 74.5 cm³/mol. The zero-order valence-corrected chi connectivity index (χ0v) is 11.6. The molecule has 0 saturated heterocycles. The quantitative estimate of drug-likeness (QED) is 0.872. The molecule has 1 N–H and O–H groups in total. The second-order valence-corrected chi connectivity index (χ2v) is 5.14. The van der Waals surface area contributed by atoms with Crippen molar-refractivity contribution in [2.24, 2.45) is 5.92 Å². The van der Waals surface area contributed by atoms with E-state index in [4.69, 9.17) is 4.52 Å². The molecule has 2 aromatic rings. The van der Waals surface area contributed by atoms with Crippen molar-refractivity contribution in [3.8, 4) is 11.4 Å². The molecule has 108 valence electrons. The van der Waals surface area contributed by atoms with E-state index in [1.54, 1.807) is 12.4 Å². The fraction of sp³-hybridized carbons (Fsp3) is 0.333. The van der Waals surface area contributed by atoms with Crippen LogP contribution in [0.5, 0.6) is 0 Å². The largest absolute Gasteiger partial charge is 0.481 e. The third kappa shape index (κ3) is 2.56. The minimum Gasteiger partial charge on any atom is -0.481 e. The summed E-state index contributed by atoms with van der Waals surface area (Å²) < 4.78 is 5.31. The summed E-state index contributed by atoms with van der Waals surface area (Å²) in [6.45, 7) is 1.94. The minimum absolute atomic E-state index is 0.272. The fourth-order valence-corrected chi connectivity index (χ4v) is 2.55. The van der Waals surface area contributed by atoms with Gasteiger partial charge < -0.3 is 9.63 Å². The lowest BCUT2D eigenvalue weighted by Crippen LogP contribution is -2.23. The zero-order chi connectivity index (χ0) is 14.8. The highest BCUT2D eigenvalue weighted by Crippen LogP contribution is 2.34. The van der Waals surface area contributed by atoms with E-state index < -0.39 is 11.9 Å². The first-order chi connectivity index (χ1) is 10.2. The van der Waals surface area contributed by atoms with E-state index >= 15 is 0 Å². The van der Waals surface area contributed by atoms with Crippen molar-refractivity contribution >= 4 is 5.97 Å². The van der Waals surface area contributed by atoms with E-state index in [0.29, 0.717) is 24.6 Å². The van der Waals surface area contributed by atoms with Crippen LogP contribution in [-0.4, -0.2) is 26.2 Å². The Balaban J connectivity index is 1.93. The van der Waals surface area contributed by atoms with Gasteiger partial charge >= 0.3 is 5.97 Å². The van der Waals surface area contributed by atoms with Crippen molar-refractivity contribution in [3.05, 3.63) is 42.1 Å². The zero-order valence-electron chi connectivity index (χ0n) is 11.6. The normalized spacial score (nSPS) is 21.4. The van der Waals surface area contributed by atoms with E-state index in [-0.39, 0.29) is 5.92 Å². The van der Waals surface area contributed by atoms with E-state index in [0.717, 1.165) is 11.1 Å². The lowest BCUT2D eigenvalue weighted by Gasteiger charge is -2.21. The van der Waals surface area contributed by atoms with Crippen LogP contribution in [0.15, 0.2) is 35.1 Å². The molecular weight excluding hydrogens is 270 g/mol. The summed E-state index contributed by atoms with van der Waals surface area (Å²) in [5, 5.41) is 13.3. The molecule has 2 aromatic heterocycles. The maximum Gasteiger partial charge on any atom is 0.307 e. The molecule has 1 aliphatic rings. The van der Waals surface area contributed by atoms with Crippen molar-refractivity contribution in [1.29, 1.82) is 0 Å². The number of carboxylic acid groups (broad SMARTS) is 1. The number of aromatic nitrogens is 3. The number of carboxylic acids is 1. The molecule has 0 fully saturated rings. The Labute approximate surface area is 121 Å². The SMILES string of the molecule is Cc1ccncc1-c1noc(C2CC=CCC2C(=O)O)n1. The first-order valence-electron chi connectivity index (χ1n) is 6.79. The Morgan fingerprint density at radius 2 is 2.19 bits per heavy atom. The summed E-state index contributed by atoms with van der Waals surface area (Å²) in [6.07, 6.45) is 8.32. The van der Waals surface area contributed by atoms with Gasteiger partial charge in [-0.2, -0.15) is 4.98 Å². The van der Waals surface area contributed by atoms with Crippen LogP contribution in [0.2, 0.25) is 0 Å². The number of rotatable bonds is 3. The van der Waals surface area contributed by atoms with Gasteiger partial charge in [0.15, 0.2) is 0 Å². The van der Waals surface area contributed by atoms with Gasteiger partial charge in [0.1, 0.15) is 0 Å².